The summed E-state index contributed by atoms with van der Waals surface area (Å²) < 4.78 is 2.01. The number of aromatic hydroxyl groups is 1. The summed E-state index contributed by atoms with van der Waals surface area (Å²) in [5.74, 6) is 2.61. The van der Waals surface area contributed by atoms with E-state index >= 15 is 0 Å². The van der Waals surface area contributed by atoms with Crippen LogP contribution in [0.1, 0.15) is 49.2 Å². The van der Waals surface area contributed by atoms with Crippen LogP contribution in [-0.2, 0) is 19.5 Å². The molecule has 0 fully saturated rings. The third-order valence-corrected chi connectivity index (χ3v) is 4.04. The molecule has 22 heavy (non-hydrogen) atoms. The Labute approximate surface area is 130 Å². The minimum absolute atomic E-state index is 0.248. The third kappa shape index (κ3) is 3.11. The molecule has 0 saturated carbocycles. The molecule has 0 aromatic carbocycles. The number of hydrogen-bond acceptors (Lipinski definition) is 5. The summed E-state index contributed by atoms with van der Waals surface area (Å²) in [7, 11) is 0. The van der Waals surface area contributed by atoms with Crippen LogP contribution in [0.5, 0.6) is 5.75 Å². The minimum atomic E-state index is 0.248. The van der Waals surface area contributed by atoms with E-state index in [1.165, 1.54) is 0 Å². The Balaban J connectivity index is 1.64. The molecule has 2 aromatic heterocycles. The van der Waals surface area contributed by atoms with Crippen LogP contribution >= 0.6 is 0 Å². The molecule has 1 aliphatic rings. The molecular weight excluding hydrogens is 278 g/mol. The van der Waals surface area contributed by atoms with Crippen molar-refractivity contribution in [1.82, 2.24) is 25.1 Å². The molecular formula is C16H23N5O. The molecule has 0 radical (unpaired) electrons. The number of aryl methyl sites for hydroxylation is 2. The highest BCUT2D eigenvalue weighted by molar-refractivity contribution is 5.27. The van der Waals surface area contributed by atoms with Crippen molar-refractivity contribution in [3.63, 3.8) is 0 Å². The van der Waals surface area contributed by atoms with E-state index in [9.17, 15) is 5.11 Å². The smallest absolute Gasteiger partial charge is 0.153 e. The van der Waals surface area contributed by atoms with Gasteiger partial charge in [0.05, 0.1) is 12.2 Å². The molecule has 6 heteroatoms. The van der Waals surface area contributed by atoms with Crippen LogP contribution in [0.25, 0.3) is 0 Å². The van der Waals surface area contributed by atoms with Crippen molar-refractivity contribution in [3.8, 4) is 5.75 Å². The van der Waals surface area contributed by atoms with E-state index < -0.39 is 0 Å². The summed E-state index contributed by atoms with van der Waals surface area (Å²) in [5, 5.41) is 17.9. The molecule has 3 heterocycles. The lowest BCUT2D eigenvalue weighted by atomic mass is 10.1. The second-order valence-corrected chi connectivity index (χ2v) is 6.26. The maximum Gasteiger partial charge on any atom is 0.153 e. The highest BCUT2D eigenvalue weighted by atomic mass is 16.3. The molecule has 2 N–H and O–H groups in total. The Morgan fingerprint density at radius 2 is 2.18 bits per heavy atom. The van der Waals surface area contributed by atoms with Crippen molar-refractivity contribution in [2.75, 3.05) is 0 Å². The van der Waals surface area contributed by atoms with Crippen molar-refractivity contribution in [2.45, 2.75) is 58.7 Å². The number of nitrogens with zero attached hydrogens (tertiary/aromatic N) is 4. The normalized spacial score (nSPS) is 17.7. The molecule has 6 nitrogen and oxygen atoms in total. The fraction of sp³-hybridized carbons (Fsp3) is 0.562. The van der Waals surface area contributed by atoms with Gasteiger partial charge < -0.3 is 10.4 Å². The van der Waals surface area contributed by atoms with Crippen LogP contribution < -0.4 is 5.32 Å². The predicted molar refractivity (Wildman–Crippen MR) is 83.7 cm³/mol. The number of aromatic nitrogens is 4. The number of nitrogens with one attached hydrogen (secondary N) is 1. The van der Waals surface area contributed by atoms with E-state index in [0.29, 0.717) is 24.2 Å². The van der Waals surface area contributed by atoms with Crippen molar-refractivity contribution < 1.29 is 5.11 Å². The zero-order valence-electron chi connectivity index (χ0n) is 13.4. The van der Waals surface area contributed by atoms with Gasteiger partial charge in [-0.2, -0.15) is 5.10 Å². The van der Waals surface area contributed by atoms with E-state index in [2.05, 4.69) is 34.2 Å². The molecule has 3 rings (SSSR count). The lowest BCUT2D eigenvalue weighted by Gasteiger charge is -2.23. The quantitative estimate of drug-likeness (QED) is 0.902. The van der Waals surface area contributed by atoms with Gasteiger partial charge in [-0.15, -0.1) is 0 Å². The molecule has 0 bridgehead atoms. The average molecular weight is 301 g/mol. The fourth-order valence-electron chi connectivity index (χ4n) is 2.71. The van der Waals surface area contributed by atoms with Crippen molar-refractivity contribution in [1.29, 1.82) is 0 Å². The first-order valence-electron chi connectivity index (χ1n) is 7.85. The largest absolute Gasteiger partial charge is 0.506 e. The maximum atomic E-state index is 9.86. The summed E-state index contributed by atoms with van der Waals surface area (Å²) in [4.78, 5) is 8.98. The van der Waals surface area contributed by atoms with Crippen molar-refractivity contribution in [2.24, 2.45) is 0 Å². The van der Waals surface area contributed by atoms with Gasteiger partial charge in [0.2, 0.25) is 0 Å². The first-order chi connectivity index (χ1) is 10.5. The standard InChI is InChI=1S/C16H23N5O/c1-10(2)16-19-15-7-5-12(9-21(15)20-16)17-8-13-14(22)6-4-11(3)18-13/h4,6,10,12,17,22H,5,7-9H2,1-3H3/t12-/m0/s1. The van der Waals surface area contributed by atoms with Crippen molar-refractivity contribution in [3.05, 3.63) is 35.2 Å². The highest BCUT2D eigenvalue weighted by Gasteiger charge is 2.22. The predicted octanol–water partition coefficient (Wildman–Crippen LogP) is 1.92. The number of hydrogen-bond donors (Lipinski definition) is 2. The van der Waals surface area contributed by atoms with Crippen LogP contribution in [0.2, 0.25) is 0 Å². The Morgan fingerprint density at radius 1 is 1.36 bits per heavy atom. The Kier molecular flexibility index (Phi) is 4.11. The first kappa shape index (κ1) is 15.0. The van der Waals surface area contributed by atoms with E-state index in [1.54, 1.807) is 6.07 Å². The van der Waals surface area contributed by atoms with Gasteiger partial charge in [-0.1, -0.05) is 13.8 Å². The van der Waals surface area contributed by atoms with Gasteiger partial charge in [0.25, 0.3) is 0 Å². The van der Waals surface area contributed by atoms with Crippen LogP contribution in [0.4, 0.5) is 0 Å². The SMILES string of the molecule is Cc1ccc(O)c(CN[C@H]2CCc3nc(C(C)C)nn3C2)n1. The third-order valence-electron chi connectivity index (χ3n) is 4.04. The Morgan fingerprint density at radius 3 is 2.95 bits per heavy atom. The topological polar surface area (TPSA) is 75.9 Å². The summed E-state index contributed by atoms with van der Waals surface area (Å²) >= 11 is 0. The summed E-state index contributed by atoms with van der Waals surface area (Å²) in [6.45, 7) is 7.55. The van der Waals surface area contributed by atoms with Gasteiger partial charge >= 0.3 is 0 Å². The maximum absolute atomic E-state index is 9.86. The lowest BCUT2D eigenvalue weighted by Crippen LogP contribution is -2.37. The zero-order valence-corrected chi connectivity index (χ0v) is 13.4. The van der Waals surface area contributed by atoms with Crippen LogP contribution in [0, 0.1) is 6.92 Å². The van der Waals surface area contributed by atoms with Gasteiger partial charge in [0.15, 0.2) is 5.82 Å². The molecule has 118 valence electrons. The highest BCUT2D eigenvalue weighted by Crippen LogP contribution is 2.18. The molecule has 1 aliphatic heterocycles. The number of fused-ring (bicyclic) bond motifs is 1. The molecule has 0 saturated heterocycles. The molecule has 0 unspecified atom stereocenters. The average Bonchev–Trinajstić information content (AvgIpc) is 2.91. The second kappa shape index (κ2) is 6.04. The van der Waals surface area contributed by atoms with Crippen LogP contribution in [0.3, 0.4) is 0 Å². The van der Waals surface area contributed by atoms with Gasteiger partial charge in [0, 0.05) is 30.6 Å². The monoisotopic (exact) mass is 301 g/mol. The second-order valence-electron chi connectivity index (χ2n) is 6.26. The molecule has 1 atom stereocenters. The summed E-state index contributed by atoms with van der Waals surface area (Å²) in [5.41, 5.74) is 1.62. The lowest BCUT2D eigenvalue weighted by molar-refractivity contribution is 0.352. The first-order valence-corrected chi connectivity index (χ1v) is 7.85. The number of pyridine rings is 1. The van der Waals surface area contributed by atoms with Gasteiger partial charge in [-0.05, 0) is 25.5 Å². The van der Waals surface area contributed by atoms with Gasteiger partial charge in [-0.3, -0.25) is 4.98 Å². The van der Waals surface area contributed by atoms with Crippen molar-refractivity contribution >= 4 is 0 Å². The Hall–Kier alpha value is -1.95. The molecule has 0 aliphatic carbocycles. The zero-order chi connectivity index (χ0) is 15.7. The summed E-state index contributed by atoms with van der Waals surface area (Å²) in [6.07, 6.45) is 1.97. The molecule has 2 aromatic rings. The van der Waals surface area contributed by atoms with Gasteiger partial charge in [0.1, 0.15) is 11.6 Å². The number of rotatable bonds is 4. The van der Waals surface area contributed by atoms with Crippen LogP contribution in [-0.4, -0.2) is 30.9 Å². The van der Waals surface area contributed by atoms with E-state index in [0.717, 1.165) is 36.7 Å². The van der Waals surface area contributed by atoms with Gasteiger partial charge in [-0.25, -0.2) is 9.67 Å². The Bertz CT molecular complexity index is 665. The van der Waals surface area contributed by atoms with E-state index in [-0.39, 0.29) is 5.75 Å². The molecule has 0 spiro atoms. The fourth-order valence-corrected chi connectivity index (χ4v) is 2.71. The summed E-state index contributed by atoms with van der Waals surface area (Å²) in [6, 6.07) is 3.84. The van der Waals surface area contributed by atoms with Crippen LogP contribution in [0.15, 0.2) is 12.1 Å². The van der Waals surface area contributed by atoms with E-state index in [4.69, 9.17) is 0 Å². The minimum Gasteiger partial charge on any atom is -0.506 e. The molecule has 0 amide bonds. The van der Waals surface area contributed by atoms with E-state index in [1.807, 2.05) is 17.7 Å².